The Morgan fingerprint density at radius 3 is 2.53 bits per heavy atom. The first-order valence-corrected chi connectivity index (χ1v) is 7.70. The molecule has 6 heteroatoms. The monoisotopic (exact) mass is 289 g/mol. The molecule has 1 amide bonds. The van der Waals surface area contributed by atoms with Crippen LogP contribution in [-0.2, 0) is 14.3 Å². The number of aliphatic carboxylic acids is 1. The van der Waals surface area contributed by atoms with Crippen LogP contribution >= 0.6 is 11.8 Å². The third kappa shape index (κ3) is 4.38. The Bertz CT molecular complexity index is 335. The molecule has 1 rings (SSSR count). The zero-order valence-corrected chi connectivity index (χ0v) is 12.8. The molecule has 1 saturated heterocycles. The van der Waals surface area contributed by atoms with E-state index < -0.39 is 12.1 Å². The first-order valence-electron chi connectivity index (χ1n) is 6.65. The van der Waals surface area contributed by atoms with E-state index in [0.717, 1.165) is 5.75 Å². The van der Waals surface area contributed by atoms with Gasteiger partial charge in [-0.25, -0.2) is 4.79 Å². The number of carbonyl (C=O) groups is 2. The maximum atomic E-state index is 12.5. The largest absolute Gasteiger partial charge is 0.479 e. The molecule has 0 aromatic carbocycles. The molecule has 1 fully saturated rings. The molecule has 0 aliphatic carbocycles. The Morgan fingerprint density at radius 2 is 2.05 bits per heavy atom. The van der Waals surface area contributed by atoms with Crippen molar-refractivity contribution in [2.75, 3.05) is 18.8 Å². The van der Waals surface area contributed by atoms with Crippen LogP contribution in [0.2, 0.25) is 0 Å². The van der Waals surface area contributed by atoms with E-state index in [1.807, 2.05) is 20.8 Å². The predicted octanol–water partition coefficient (Wildman–Crippen LogP) is 1.46. The van der Waals surface area contributed by atoms with Gasteiger partial charge in [-0.1, -0.05) is 20.8 Å². The molecular weight excluding hydrogens is 266 g/mol. The van der Waals surface area contributed by atoms with Gasteiger partial charge in [0.25, 0.3) is 0 Å². The summed E-state index contributed by atoms with van der Waals surface area (Å²) in [5, 5.41) is 8.93. The molecule has 2 unspecified atom stereocenters. The fraction of sp³-hybridized carbons (Fsp3) is 0.846. The molecule has 19 heavy (non-hydrogen) atoms. The second-order valence-corrected chi connectivity index (χ2v) is 6.56. The van der Waals surface area contributed by atoms with E-state index in [-0.39, 0.29) is 29.7 Å². The molecule has 110 valence electrons. The summed E-state index contributed by atoms with van der Waals surface area (Å²) >= 11 is 1.62. The quantitative estimate of drug-likeness (QED) is 0.830. The highest BCUT2D eigenvalue weighted by atomic mass is 32.2. The minimum atomic E-state index is -1.01. The van der Waals surface area contributed by atoms with Crippen molar-refractivity contribution in [2.24, 2.45) is 5.92 Å². The number of hydrogen-bond acceptors (Lipinski definition) is 4. The number of hydrogen-bond donors (Lipinski definition) is 1. The summed E-state index contributed by atoms with van der Waals surface area (Å²) in [6.45, 7) is 8.47. The van der Waals surface area contributed by atoms with Gasteiger partial charge in [-0.15, -0.1) is 11.8 Å². The van der Waals surface area contributed by atoms with Gasteiger partial charge in [-0.2, -0.15) is 0 Å². The lowest BCUT2D eigenvalue weighted by atomic mass is 10.1. The van der Waals surface area contributed by atoms with E-state index in [1.54, 1.807) is 23.6 Å². The first-order chi connectivity index (χ1) is 8.86. The van der Waals surface area contributed by atoms with Crippen LogP contribution in [0.15, 0.2) is 0 Å². The summed E-state index contributed by atoms with van der Waals surface area (Å²) < 4.78 is 5.33. The van der Waals surface area contributed by atoms with Gasteiger partial charge in [0, 0.05) is 6.54 Å². The SMILES string of the molecule is CCSC(C(=O)N1CC(C(=O)O)O[C@H](C)C1)C(C)C. The molecular formula is C13H23NO4S. The van der Waals surface area contributed by atoms with Crippen molar-refractivity contribution in [1.29, 1.82) is 0 Å². The lowest BCUT2D eigenvalue weighted by molar-refractivity contribution is -0.166. The van der Waals surface area contributed by atoms with Crippen molar-refractivity contribution in [3.05, 3.63) is 0 Å². The Morgan fingerprint density at radius 1 is 1.42 bits per heavy atom. The van der Waals surface area contributed by atoms with Crippen LogP contribution in [0.4, 0.5) is 0 Å². The number of morpholine rings is 1. The smallest absolute Gasteiger partial charge is 0.334 e. The Hall–Kier alpha value is -0.750. The van der Waals surface area contributed by atoms with Gasteiger partial charge >= 0.3 is 5.97 Å². The highest BCUT2D eigenvalue weighted by molar-refractivity contribution is 8.00. The molecule has 1 heterocycles. The van der Waals surface area contributed by atoms with Crippen molar-refractivity contribution in [3.8, 4) is 0 Å². The number of amides is 1. The lowest BCUT2D eigenvalue weighted by Crippen LogP contribution is -2.54. The summed E-state index contributed by atoms with van der Waals surface area (Å²) in [5.74, 6) is 0.132. The van der Waals surface area contributed by atoms with Gasteiger partial charge in [-0.05, 0) is 18.6 Å². The van der Waals surface area contributed by atoms with Crippen LogP contribution in [0, 0.1) is 5.92 Å². The van der Waals surface area contributed by atoms with Gasteiger partial charge < -0.3 is 14.7 Å². The summed E-state index contributed by atoms with van der Waals surface area (Å²) in [7, 11) is 0. The molecule has 1 N–H and O–H groups in total. The normalized spacial score (nSPS) is 25.4. The van der Waals surface area contributed by atoms with E-state index in [1.165, 1.54) is 0 Å². The maximum Gasteiger partial charge on any atom is 0.334 e. The van der Waals surface area contributed by atoms with Gasteiger partial charge in [0.1, 0.15) is 0 Å². The van der Waals surface area contributed by atoms with Crippen molar-refractivity contribution >= 4 is 23.6 Å². The molecule has 0 bridgehead atoms. The zero-order valence-electron chi connectivity index (χ0n) is 12.0. The van der Waals surface area contributed by atoms with Crippen LogP contribution in [0.3, 0.4) is 0 Å². The summed E-state index contributed by atoms with van der Waals surface area (Å²) in [6, 6.07) is 0. The fourth-order valence-electron chi connectivity index (χ4n) is 2.18. The first kappa shape index (κ1) is 16.3. The number of carboxylic acids is 1. The van der Waals surface area contributed by atoms with Crippen LogP contribution in [0.5, 0.6) is 0 Å². The van der Waals surface area contributed by atoms with E-state index in [2.05, 4.69) is 0 Å². The minimum absolute atomic E-state index is 0.0308. The van der Waals surface area contributed by atoms with Gasteiger partial charge in [0.05, 0.1) is 17.9 Å². The molecule has 1 aliphatic heterocycles. The average molecular weight is 289 g/mol. The summed E-state index contributed by atoms with van der Waals surface area (Å²) in [5.41, 5.74) is 0. The molecule has 0 saturated carbocycles. The molecule has 0 aromatic heterocycles. The Labute approximate surface area is 118 Å². The van der Waals surface area contributed by atoms with Gasteiger partial charge in [0.2, 0.25) is 5.91 Å². The lowest BCUT2D eigenvalue weighted by Gasteiger charge is -2.37. The predicted molar refractivity (Wildman–Crippen MR) is 75.3 cm³/mol. The van der Waals surface area contributed by atoms with Crippen LogP contribution < -0.4 is 0 Å². The van der Waals surface area contributed by atoms with Crippen molar-refractivity contribution < 1.29 is 19.4 Å². The third-order valence-corrected chi connectivity index (χ3v) is 4.48. The average Bonchev–Trinajstić information content (AvgIpc) is 2.33. The van der Waals surface area contributed by atoms with E-state index in [4.69, 9.17) is 9.84 Å². The molecule has 5 nitrogen and oxygen atoms in total. The second-order valence-electron chi connectivity index (χ2n) is 5.14. The standard InChI is InChI=1S/C13H23NO4S/c1-5-19-11(8(2)3)12(15)14-6-9(4)18-10(7-14)13(16)17/h8-11H,5-7H2,1-4H3,(H,16,17)/t9-,10?,11?/m1/s1. The van der Waals surface area contributed by atoms with E-state index in [9.17, 15) is 9.59 Å². The van der Waals surface area contributed by atoms with Crippen molar-refractivity contribution in [3.63, 3.8) is 0 Å². The molecule has 3 atom stereocenters. The highest BCUT2D eigenvalue weighted by Gasteiger charge is 2.36. The van der Waals surface area contributed by atoms with Crippen LogP contribution in [0.1, 0.15) is 27.7 Å². The second kappa shape index (κ2) is 7.14. The summed E-state index contributed by atoms with van der Waals surface area (Å²) in [6.07, 6.45) is -1.15. The number of thioether (sulfide) groups is 1. The molecule has 1 aliphatic rings. The number of carboxylic acid groups (broad SMARTS) is 1. The fourth-order valence-corrected chi connectivity index (χ4v) is 3.21. The van der Waals surface area contributed by atoms with Gasteiger partial charge in [0.15, 0.2) is 6.10 Å². The van der Waals surface area contributed by atoms with E-state index >= 15 is 0 Å². The number of ether oxygens (including phenoxy) is 1. The minimum Gasteiger partial charge on any atom is -0.479 e. The third-order valence-electron chi connectivity index (χ3n) is 3.04. The zero-order chi connectivity index (χ0) is 14.6. The number of nitrogens with zero attached hydrogens (tertiary/aromatic N) is 1. The van der Waals surface area contributed by atoms with Crippen molar-refractivity contribution in [2.45, 2.75) is 45.2 Å². The summed E-state index contributed by atoms with van der Waals surface area (Å²) in [4.78, 5) is 25.2. The molecule has 0 spiro atoms. The number of carbonyl (C=O) groups excluding carboxylic acids is 1. The molecule has 0 radical (unpaired) electrons. The van der Waals surface area contributed by atoms with Crippen LogP contribution in [-0.4, -0.2) is 58.2 Å². The van der Waals surface area contributed by atoms with E-state index in [0.29, 0.717) is 6.54 Å². The maximum absolute atomic E-state index is 12.5. The topological polar surface area (TPSA) is 66.8 Å². The highest BCUT2D eigenvalue weighted by Crippen LogP contribution is 2.23. The van der Waals surface area contributed by atoms with Crippen molar-refractivity contribution in [1.82, 2.24) is 4.90 Å². The number of rotatable bonds is 5. The Kier molecular flexibility index (Phi) is 6.13. The Balaban J connectivity index is 2.76. The van der Waals surface area contributed by atoms with Crippen LogP contribution in [0.25, 0.3) is 0 Å². The molecule has 0 aromatic rings. The van der Waals surface area contributed by atoms with Gasteiger partial charge in [-0.3, -0.25) is 4.79 Å².